The number of anilines is 1. The van der Waals surface area contributed by atoms with Gasteiger partial charge in [0.1, 0.15) is 6.54 Å². The van der Waals surface area contributed by atoms with Gasteiger partial charge in [-0.2, -0.15) is 0 Å². The summed E-state index contributed by atoms with van der Waals surface area (Å²) in [4.78, 5) is 23.7. The molecule has 3 N–H and O–H groups in total. The molecule has 19 heavy (non-hydrogen) atoms. The Bertz CT molecular complexity index is 516. The molecule has 1 aliphatic rings. The van der Waals surface area contributed by atoms with Crippen LogP contribution in [-0.2, 0) is 11.3 Å². The maximum atomic E-state index is 11.9. The van der Waals surface area contributed by atoms with Crippen molar-refractivity contribution in [3.05, 3.63) is 28.2 Å². The molecule has 0 saturated heterocycles. The molecule has 0 spiro atoms. The number of pyridine rings is 1. The molecule has 1 aliphatic carbocycles. The molecule has 1 fully saturated rings. The van der Waals surface area contributed by atoms with Crippen LogP contribution < -0.4 is 16.6 Å². The van der Waals surface area contributed by atoms with Crippen molar-refractivity contribution in [3.63, 3.8) is 0 Å². The van der Waals surface area contributed by atoms with Crippen molar-refractivity contribution in [1.29, 1.82) is 0 Å². The fourth-order valence-electron chi connectivity index (χ4n) is 2.48. The Kier molecular flexibility index (Phi) is 4.24. The molecule has 1 amide bonds. The van der Waals surface area contributed by atoms with Crippen molar-refractivity contribution in [2.24, 2.45) is 0 Å². The van der Waals surface area contributed by atoms with Crippen LogP contribution in [-0.4, -0.2) is 16.5 Å². The van der Waals surface area contributed by atoms with E-state index in [-0.39, 0.29) is 24.1 Å². The van der Waals surface area contributed by atoms with Crippen LogP contribution >= 0.6 is 0 Å². The fourth-order valence-corrected chi connectivity index (χ4v) is 2.48. The second-order valence-corrected chi connectivity index (χ2v) is 5.28. The number of nitrogens with one attached hydrogen (secondary N) is 1. The van der Waals surface area contributed by atoms with Gasteiger partial charge in [0.05, 0.1) is 5.69 Å². The largest absolute Gasteiger partial charge is 0.397 e. The normalized spacial score (nSPS) is 16.3. The number of amides is 1. The van der Waals surface area contributed by atoms with Crippen LogP contribution in [0.2, 0.25) is 0 Å². The summed E-state index contributed by atoms with van der Waals surface area (Å²) >= 11 is 0. The van der Waals surface area contributed by atoms with Crippen molar-refractivity contribution < 1.29 is 4.79 Å². The first-order valence-electron chi connectivity index (χ1n) is 6.82. The number of aryl methyl sites for hydroxylation is 1. The minimum absolute atomic E-state index is 0.0415. The molecular weight excluding hydrogens is 242 g/mol. The highest BCUT2D eigenvalue weighted by Gasteiger charge is 2.16. The third-order valence-corrected chi connectivity index (χ3v) is 3.66. The first-order chi connectivity index (χ1) is 9.06. The number of nitrogens with two attached hydrogens (primary N) is 1. The van der Waals surface area contributed by atoms with E-state index < -0.39 is 0 Å². The maximum absolute atomic E-state index is 11.9. The Balaban J connectivity index is 1.98. The van der Waals surface area contributed by atoms with Crippen LogP contribution in [0.25, 0.3) is 0 Å². The van der Waals surface area contributed by atoms with Crippen molar-refractivity contribution in [1.82, 2.24) is 9.88 Å². The molecule has 1 saturated carbocycles. The third-order valence-electron chi connectivity index (χ3n) is 3.66. The van der Waals surface area contributed by atoms with Gasteiger partial charge in [-0.3, -0.25) is 9.59 Å². The van der Waals surface area contributed by atoms with Gasteiger partial charge in [-0.25, -0.2) is 0 Å². The van der Waals surface area contributed by atoms with E-state index in [0.29, 0.717) is 5.69 Å². The minimum Gasteiger partial charge on any atom is -0.397 e. The molecule has 0 aliphatic heterocycles. The van der Waals surface area contributed by atoms with Crippen LogP contribution in [0.5, 0.6) is 0 Å². The first kappa shape index (κ1) is 13.6. The van der Waals surface area contributed by atoms with Gasteiger partial charge in [0.2, 0.25) is 5.91 Å². The molecule has 104 valence electrons. The molecule has 1 aromatic heterocycles. The smallest absolute Gasteiger partial charge is 0.251 e. The molecule has 0 atom stereocenters. The van der Waals surface area contributed by atoms with E-state index in [1.807, 2.05) is 0 Å². The van der Waals surface area contributed by atoms with Crippen molar-refractivity contribution in [3.8, 4) is 0 Å². The number of nitrogen functional groups attached to an aromatic ring is 1. The average Bonchev–Trinajstić information content (AvgIpc) is 2.37. The van der Waals surface area contributed by atoms with Gasteiger partial charge in [0.15, 0.2) is 0 Å². The maximum Gasteiger partial charge on any atom is 0.251 e. The van der Waals surface area contributed by atoms with Gasteiger partial charge in [-0.15, -0.1) is 0 Å². The van der Waals surface area contributed by atoms with E-state index in [0.717, 1.165) is 18.4 Å². The lowest BCUT2D eigenvalue weighted by atomic mass is 9.95. The molecule has 1 heterocycles. The highest BCUT2D eigenvalue weighted by molar-refractivity contribution is 5.76. The molecule has 1 aromatic rings. The minimum atomic E-state index is -0.189. The molecule has 5 nitrogen and oxygen atoms in total. The number of nitrogens with zero attached hydrogens (tertiary/aromatic N) is 1. The monoisotopic (exact) mass is 263 g/mol. The highest BCUT2D eigenvalue weighted by Crippen LogP contribution is 2.17. The summed E-state index contributed by atoms with van der Waals surface area (Å²) < 4.78 is 1.36. The molecular formula is C14H21N3O2. The Hall–Kier alpha value is -1.78. The Morgan fingerprint density at radius 2 is 2.11 bits per heavy atom. The topological polar surface area (TPSA) is 77.1 Å². The fraction of sp³-hybridized carbons (Fsp3) is 0.571. The zero-order valence-corrected chi connectivity index (χ0v) is 11.3. The average molecular weight is 263 g/mol. The van der Waals surface area contributed by atoms with Crippen LogP contribution in [0.1, 0.15) is 37.7 Å². The molecule has 2 rings (SSSR count). The number of hydrogen-bond acceptors (Lipinski definition) is 3. The lowest BCUT2D eigenvalue weighted by Crippen LogP contribution is -2.39. The van der Waals surface area contributed by atoms with Gasteiger partial charge in [-0.1, -0.05) is 19.3 Å². The number of rotatable bonds is 3. The number of carbonyl (C=O) groups excluding carboxylic acids is 1. The SMILES string of the molecule is Cc1cc(=O)n(CC(=O)NC2CCCCC2)cc1N. The van der Waals surface area contributed by atoms with Gasteiger partial charge in [0.25, 0.3) is 5.56 Å². The Morgan fingerprint density at radius 3 is 2.79 bits per heavy atom. The quantitative estimate of drug-likeness (QED) is 0.860. The second-order valence-electron chi connectivity index (χ2n) is 5.28. The standard InChI is InChI=1S/C14H21N3O2/c1-10-7-14(19)17(8-12(10)15)9-13(18)16-11-5-3-2-4-6-11/h7-8,11H,2-6,9,15H2,1H3,(H,16,18). The highest BCUT2D eigenvalue weighted by atomic mass is 16.2. The van der Waals surface area contributed by atoms with E-state index in [9.17, 15) is 9.59 Å². The summed E-state index contributed by atoms with van der Waals surface area (Å²) in [5.74, 6) is -0.114. The summed E-state index contributed by atoms with van der Waals surface area (Å²) in [6.45, 7) is 1.82. The van der Waals surface area contributed by atoms with E-state index in [1.54, 1.807) is 6.92 Å². The van der Waals surface area contributed by atoms with Crippen molar-refractivity contribution in [2.45, 2.75) is 51.6 Å². The molecule has 0 unspecified atom stereocenters. The lowest BCUT2D eigenvalue weighted by molar-refractivity contribution is -0.122. The predicted octanol–water partition coefficient (Wildman–Crippen LogP) is 1.19. The number of carbonyl (C=O) groups is 1. The van der Waals surface area contributed by atoms with Gasteiger partial charge in [0, 0.05) is 18.3 Å². The summed E-state index contributed by atoms with van der Waals surface area (Å²) in [5, 5.41) is 2.99. The summed E-state index contributed by atoms with van der Waals surface area (Å²) in [7, 11) is 0. The van der Waals surface area contributed by atoms with Crippen LogP contribution in [0.3, 0.4) is 0 Å². The number of hydrogen-bond donors (Lipinski definition) is 2. The summed E-state index contributed by atoms with van der Waals surface area (Å²) in [6, 6.07) is 1.73. The second kappa shape index (κ2) is 5.91. The summed E-state index contributed by atoms with van der Waals surface area (Å²) in [5.41, 5.74) is 6.85. The molecule has 0 radical (unpaired) electrons. The summed E-state index contributed by atoms with van der Waals surface area (Å²) in [6.07, 6.45) is 7.20. The number of aromatic nitrogens is 1. The third kappa shape index (κ3) is 3.59. The zero-order chi connectivity index (χ0) is 13.8. The Labute approximate surface area is 112 Å². The van der Waals surface area contributed by atoms with Gasteiger partial charge in [-0.05, 0) is 25.3 Å². The molecule has 5 heteroatoms. The molecule has 0 bridgehead atoms. The van der Waals surface area contributed by atoms with Crippen molar-refractivity contribution >= 4 is 11.6 Å². The van der Waals surface area contributed by atoms with Crippen LogP contribution in [0.4, 0.5) is 5.69 Å². The van der Waals surface area contributed by atoms with Crippen molar-refractivity contribution in [2.75, 3.05) is 5.73 Å². The van der Waals surface area contributed by atoms with Gasteiger partial charge < -0.3 is 15.6 Å². The first-order valence-corrected chi connectivity index (χ1v) is 6.82. The molecule has 0 aromatic carbocycles. The predicted molar refractivity (Wildman–Crippen MR) is 74.9 cm³/mol. The zero-order valence-electron chi connectivity index (χ0n) is 11.3. The van der Waals surface area contributed by atoms with Crippen LogP contribution in [0, 0.1) is 6.92 Å². The van der Waals surface area contributed by atoms with E-state index in [2.05, 4.69) is 5.32 Å². The van der Waals surface area contributed by atoms with E-state index in [4.69, 9.17) is 5.73 Å². The van der Waals surface area contributed by atoms with E-state index in [1.165, 1.54) is 36.1 Å². The van der Waals surface area contributed by atoms with Crippen LogP contribution in [0.15, 0.2) is 17.1 Å². The van der Waals surface area contributed by atoms with Gasteiger partial charge >= 0.3 is 0 Å². The van der Waals surface area contributed by atoms with E-state index >= 15 is 0 Å². The lowest BCUT2D eigenvalue weighted by Gasteiger charge is -2.22. The Morgan fingerprint density at radius 1 is 1.42 bits per heavy atom.